The second-order valence-electron chi connectivity index (χ2n) is 2.34. The van der Waals surface area contributed by atoms with Crippen LogP contribution in [0.1, 0.15) is 0 Å². The molecular weight excluding hydrogens is 138 g/mol. The highest BCUT2D eigenvalue weighted by Crippen LogP contribution is 2.18. The predicted molar refractivity (Wildman–Crippen MR) is 43.7 cm³/mol. The number of benzene rings is 1. The SMILES string of the molecule is COc1ccc2[c]c[nH]c2c1. The van der Waals surface area contributed by atoms with Gasteiger partial charge >= 0.3 is 0 Å². The highest BCUT2D eigenvalue weighted by atomic mass is 16.5. The zero-order valence-electron chi connectivity index (χ0n) is 6.22. The number of nitrogens with one attached hydrogen (secondary N) is 1. The smallest absolute Gasteiger partial charge is 0.120 e. The Morgan fingerprint density at radius 3 is 3.18 bits per heavy atom. The van der Waals surface area contributed by atoms with Crippen molar-refractivity contribution in [3.8, 4) is 5.75 Å². The lowest BCUT2D eigenvalue weighted by molar-refractivity contribution is 0.415. The van der Waals surface area contributed by atoms with E-state index >= 15 is 0 Å². The molecule has 2 heteroatoms. The zero-order chi connectivity index (χ0) is 7.68. The van der Waals surface area contributed by atoms with Gasteiger partial charge in [0.2, 0.25) is 0 Å². The quantitative estimate of drug-likeness (QED) is 0.653. The first kappa shape index (κ1) is 6.28. The van der Waals surface area contributed by atoms with Gasteiger partial charge in [-0.1, -0.05) is 0 Å². The number of fused-ring (bicyclic) bond motifs is 1. The first-order valence-electron chi connectivity index (χ1n) is 3.43. The number of hydrogen-bond acceptors (Lipinski definition) is 1. The van der Waals surface area contributed by atoms with Gasteiger partial charge < -0.3 is 9.72 Å². The highest BCUT2D eigenvalue weighted by molar-refractivity contribution is 5.79. The van der Waals surface area contributed by atoms with E-state index in [0.717, 1.165) is 16.7 Å². The second-order valence-corrected chi connectivity index (χ2v) is 2.34. The number of methoxy groups -OCH3 is 1. The van der Waals surface area contributed by atoms with Crippen molar-refractivity contribution in [2.24, 2.45) is 0 Å². The third-order valence-corrected chi connectivity index (χ3v) is 1.68. The van der Waals surface area contributed by atoms with Crippen LogP contribution in [0.5, 0.6) is 5.75 Å². The van der Waals surface area contributed by atoms with E-state index in [4.69, 9.17) is 4.74 Å². The summed E-state index contributed by atoms with van der Waals surface area (Å²) in [5.74, 6) is 0.869. The summed E-state index contributed by atoms with van der Waals surface area (Å²) < 4.78 is 5.06. The molecule has 0 fully saturated rings. The molecular formula is C9H8NO. The van der Waals surface area contributed by atoms with Gasteiger partial charge in [-0.15, -0.1) is 0 Å². The average molecular weight is 146 g/mol. The van der Waals surface area contributed by atoms with Crippen molar-refractivity contribution in [1.82, 2.24) is 4.98 Å². The van der Waals surface area contributed by atoms with Crippen LogP contribution >= 0.6 is 0 Å². The van der Waals surface area contributed by atoms with Gasteiger partial charge in [0.1, 0.15) is 5.75 Å². The molecule has 0 aliphatic carbocycles. The summed E-state index contributed by atoms with van der Waals surface area (Å²) in [5.41, 5.74) is 1.06. The molecule has 1 heterocycles. The Kier molecular flexibility index (Phi) is 1.32. The minimum absolute atomic E-state index is 0.869. The summed E-state index contributed by atoms with van der Waals surface area (Å²) in [6.45, 7) is 0. The number of aromatic amines is 1. The van der Waals surface area contributed by atoms with Crippen molar-refractivity contribution < 1.29 is 4.74 Å². The molecule has 0 aliphatic heterocycles. The number of aromatic nitrogens is 1. The molecule has 0 unspecified atom stereocenters. The topological polar surface area (TPSA) is 25.0 Å². The fraction of sp³-hybridized carbons (Fsp3) is 0.111. The van der Waals surface area contributed by atoms with Crippen LogP contribution in [0, 0.1) is 6.07 Å². The molecule has 0 bridgehead atoms. The van der Waals surface area contributed by atoms with Crippen LogP contribution in [0.4, 0.5) is 0 Å². The van der Waals surface area contributed by atoms with E-state index in [9.17, 15) is 0 Å². The molecule has 0 spiro atoms. The van der Waals surface area contributed by atoms with E-state index < -0.39 is 0 Å². The molecule has 0 aliphatic rings. The van der Waals surface area contributed by atoms with Crippen LogP contribution in [0.15, 0.2) is 24.4 Å². The van der Waals surface area contributed by atoms with Gasteiger partial charge in [0.25, 0.3) is 0 Å². The van der Waals surface area contributed by atoms with Crippen LogP contribution in [0.25, 0.3) is 10.9 Å². The Bertz CT molecular complexity index is 364. The number of ether oxygens (including phenoxy) is 1. The van der Waals surface area contributed by atoms with E-state index in [-0.39, 0.29) is 0 Å². The summed E-state index contributed by atoms with van der Waals surface area (Å²) >= 11 is 0. The number of rotatable bonds is 1. The molecule has 0 amide bonds. The fourth-order valence-corrected chi connectivity index (χ4v) is 1.09. The van der Waals surface area contributed by atoms with Crippen molar-refractivity contribution in [2.75, 3.05) is 7.11 Å². The van der Waals surface area contributed by atoms with Crippen LogP contribution in [0.2, 0.25) is 0 Å². The Morgan fingerprint density at radius 1 is 1.45 bits per heavy atom. The molecule has 1 aromatic heterocycles. The lowest BCUT2D eigenvalue weighted by atomic mass is 10.2. The van der Waals surface area contributed by atoms with Crippen molar-refractivity contribution in [3.63, 3.8) is 0 Å². The molecule has 55 valence electrons. The van der Waals surface area contributed by atoms with E-state index in [2.05, 4.69) is 11.1 Å². The summed E-state index contributed by atoms with van der Waals surface area (Å²) in [4.78, 5) is 3.06. The minimum atomic E-state index is 0.869. The standard InChI is InChI=1S/C9H8NO/c1-11-8-3-2-7-4-5-10-9(7)6-8/h2-3,5-6,10H,1H3. The van der Waals surface area contributed by atoms with Gasteiger partial charge in [-0.25, -0.2) is 0 Å². The molecule has 1 aromatic carbocycles. The maximum atomic E-state index is 5.06. The Balaban J connectivity index is 2.67. The maximum Gasteiger partial charge on any atom is 0.120 e. The molecule has 0 saturated heterocycles. The van der Waals surface area contributed by atoms with Crippen LogP contribution in [-0.4, -0.2) is 12.1 Å². The van der Waals surface area contributed by atoms with Crippen molar-refractivity contribution >= 4 is 10.9 Å². The lowest BCUT2D eigenvalue weighted by Gasteiger charge is -1.97. The Hall–Kier alpha value is -1.44. The second kappa shape index (κ2) is 2.31. The predicted octanol–water partition coefficient (Wildman–Crippen LogP) is 1.98. The first-order valence-corrected chi connectivity index (χ1v) is 3.43. The largest absolute Gasteiger partial charge is 0.497 e. The van der Waals surface area contributed by atoms with Crippen LogP contribution in [-0.2, 0) is 0 Å². The Labute approximate surface area is 64.8 Å². The summed E-state index contributed by atoms with van der Waals surface area (Å²) in [5, 5.41) is 1.09. The summed E-state index contributed by atoms with van der Waals surface area (Å²) in [6, 6.07) is 8.91. The number of H-pyrrole nitrogens is 1. The minimum Gasteiger partial charge on any atom is -0.497 e. The maximum absolute atomic E-state index is 5.06. The van der Waals surface area contributed by atoms with Crippen LogP contribution < -0.4 is 4.74 Å². The van der Waals surface area contributed by atoms with Crippen LogP contribution in [0.3, 0.4) is 0 Å². The van der Waals surface area contributed by atoms with Crippen molar-refractivity contribution in [2.45, 2.75) is 0 Å². The van der Waals surface area contributed by atoms with E-state index in [1.165, 1.54) is 0 Å². The lowest BCUT2D eigenvalue weighted by Crippen LogP contribution is -1.80. The van der Waals surface area contributed by atoms with Gasteiger partial charge in [-0.2, -0.15) is 0 Å². The molecule has 11 heavy (non-hydrogen) atoms. The molecule has 1 N–H and O–H groups in total. The van der Waals surface area contributed by atoms with Gasteiger partial charge in [-0.05, 0) is 12.1 Å². The molecule has 2 aromatic rings. The summed E-state index contributed by atoms with van der Waals surface area (Å²) in [7, 11) is 1.66. The molecule has 0 saturated carbocycles. The monoisotopic (exact) mass is 146 g/mol. The first-order chi connectivity index (χ1) is 5.40. The average Bonchev–Trinajstić information content (AvgIpc) is 2.50. The molecule has 0 atom stereocenters. The van der Waals surface area contributed by atoms with E-state index in [0.29, 0.717) is 0 Å². The third kappa shape index (κ3) is 0.963. The van der Waals surface area contributed by atoms with Gasteiger partial charge in [0.15, 0.2) is 0 Å². The molecule has 2 rings (SSSR count). The van der Waals surface area contributed by atoms with Gasteiger partial charge in [-0.3, -0.25) is 0 Å². The van der Waals surface area contributed by atoms with Crippen molar-refractivity contribution in [3.05, 3.63) is 30.5 Å². The zero-order valence-corrected chi connectivity index (χ0v) is 6.22. The normalized spacial score (nSPS) is 10.3. The highest BCUT2D eigenvalue weighted by Gasteiger charge is 1.95. The molecule has 1 radical (unpaired) electrons. The Morgan fingerprint density at radius 2 is 2.36 bits per heavy atom. The summed E-state index contributed by atoms with van der Waals surface area (Å²) in [6.07, 6.45) is 1.80. The fourth-order valence-electron chi connectivity index (χ4n) is 1.09. The van der Waals surface area contributed by atoms with Crippen molar-refractivity contribution in [1.29, 1.82) is 0 Å². The molecule has 2 nitrogen and oxygen atoms in total. The number of hydrogen-bond donors (Lipinski definition) is 1. The van der Waals surface area contributed by atoms with Gasteiger partial charge in [0.05, 0.1) is 7.11 Å². The van der Waals surface area contributed by atoms with E-state index in [1.54, 1.807) is 13.3 Å². The van der Waals surface area contributed by atoms with E-state index in [1.807, 2.05) is 18.2 Å². The third-order valence-electron chi connectivity index (χ3n) is 1.68. The van der Waals surface area contributed by atoms with Gasteiger partial charge in [0, 0.05) is 29.2 Å².